The zero-order chi connectivity index (χ0) is 14.0. The average molecular weight is 260 g/mol. The number of nitrogens with zero attached hydrogens (tertiary/aromatic N) is 1. The number of pyridine rings is 1. The molecule has 2 heterocycles. The molecule has 2 rings (SSSR count). The highest BCUT2D eigenvalue weighted by molar-refractivity contribution is 5.91. The zero-order valence-corrected chi connectivity index (χ0v) is 10.8. The third kappa shape index (κ3) is 2.85. The topological polar surface area (TPSA) is 107 Å². The molecule has 6 nitrogen and oxygen atoms in total. The van der Waals surface area contributed by atoms with Gasteiger partial charge in [0.1, 0.15) is 17.2 Å². The van der Waals surface area contributed by atoms with Crippen LogP contribution in [-0.4, -0.2) is 10.9 Å². The predicted octanol–water partition coefficient (Wildman–Crippen LogP) is 1.84. The van der Waals surface area contributed by atoms with Gasteiger partial charge in [-0.15, -0.1) is 0 Å². The van der Waals surface area contributed by atoms with Gasteiger partial charge in [-0.1, -0.05) is 0 Å². The number of furan rings is 1. The molecule has 1 atom stereocenters. The summed E-state index contributed by atoms with van der Waals surface area (Å²) in [6.07, 6.45) is 0. The number of nitrogen functional groups attached to an aromatic ring is 1. The molecule has 0 aromatic carbocycles. The molecule has 0 radical (unpaired) electrons. The number of aromatic nitrogens is 1. The Labute approximate surface area is 110 Å². The van der Waals surface area contributed by atoms with Crippen molar-refractivity contribution in [1.82, 2.24) is 4.98 Å². The Morgan fingerprint density at radius 2 is 2.11 bits per heavy atom. The van der Waals surface area contributed by atoms with Crippen molar-refractivity contribution in [1.29, 1.82) is 0 Å². The fraction of sp³-hybridized carbons (Fsp3) is 0.231. The van der Waals surface area contributed by atoms with E-state index in [1.165, 1.54) is 6.07 Å². The summed E-state index contributed by atoms with van der Waals surface area (Å²) in [6.45, 7) is 3.78. The van der Waals surface area contributed by atoms with Gasteiger partial charge in [0.05, 0.1) is 11.7 Å². The molecule has 0 fully saturated rings. The number of aryl methyl sites for hydroxylation is 1. The number of hydrogen-bond donors (Lipinski definition) is 3. The van der Waals surface area contributed by atoms with E-state index in [-0.39, 0.29) is 11.7 Å². The normalized spacial score (nSPS) is 12.1. The minimum absolute atomic E-state index is 0.119. The van der Waals surface area contributed by atoms with Crippen LogP contribution in [0.3, 0.4) is 0 Å². The molecule has 2 aromatic heterocycles. The van der Waals surface area contributed by atoms with Crippen LogP contribution in [0.25, 0.3) is 0 Å². The van der Waals surface area contributed by atoms with E-state index in [2.05, 4.69) is 10.3 Å². The molecule has 0 saturated carbocycles. The minimum Gasteiger partial charge on any atom is -0.464 e. The lowest BCUT2D eigenvalue weighted by Crippen LogP contribution is -2.16. The molecule has 0 aliphatic heterocycles. The second kappa shape index (κ2) is 5.01. The van der Waals surface area contributed by atoms with Crippen LogP contribution >= 0.6 is 0 Å². The molecule has 19 heavy (non-hydrogen) atoms. The first-order valence-corrected chi connectivity index (χ1v) is 5.86. The van der Waals surface area contributed by atoms with Gasteiger partial charge in [-0.3, -0.25) is 4.79 Å². The SMILES string of the molecule is Cc1ccc(C(C)Nc2nc(C(N)=O)ccc2N)o1. The monoisotopic (exact) mass is 260 g/mol. The van der Waals surface area contributed by atoms with Gasteiger partial charge < -0.3 is 21.2 Å². The second-order valence-electron chi connectivity index (χ2n) is 4.31. The third-order valence-electron chi connectivity index (χ3n) is 2.72. The van der Waals surface area contributed by atoms with Crippen LogP contribution in [-0.2, 0) is 0 Å². The number of carbonyl (C=O) groups excluding carboxylic acids is 1. The van der Waals surface area contributed by atoms with Crippen molar-refractivity contribution < 1.29 is 9.21 Å². The van der Waals surface area contributed by atoms with E-state index in [1.807, 2.05) is 26.0 Å². The lowest BCUT2D eigenvalue weighted by atomic mass is 10.2. The van der Waals surface area contributed by atoms with Crippen molar-refractivity contribution >= 4 is 17.4 Å². The standard InChI is InChI=1S/C13H16N4O2/c1-7-3-6-11(19-7)8(2)16-13-9(14)4-5-10(17-13)12(15)18/h3-6,8H,14H2,1-2H3,(H2,15,18)(H,16,17). The number of hydrogen-bond acceptors (Lipinski definition) is 5. The minimum atomic E-state index is -0.593. The van der Waals surface area contributed by atoms with Gasteiger partial charge in [0.15, 0.2) is 5.82 Å². The molecular weight excluding hydrogens is 244 g/mol. The summed E-state index contributed by atoms with van der Waals surface area (Å²) < 4.78 is 5.51. The molecule has 100 valence electrons. The molecular formula is C13H16N4O2. The number of nitrogens with one attached hydrogen (secondary N) is 1. The molecule has 0 aliphatic rings. The van der Waals surface area contributed by atoms with Crippen LogP contribution in [0.15, 0.2) is 28.7 Å². The van der Waals surface area contributed by atoms with E-state index in [4.69, 9.17) is 15.9 Å². The molecule has 0 saturated heterocycles. The molecule has 0 spiro atoms. The second-order valence-corrected chi connectivity index (χ2v) is 4.31. The van der Waals surface area contributed by atoms with Crippen molar-refractivity contribution in [3.8, 4) is 0 Å². The summed E-state index contributed by atoms with van der Waals surface area (Å²) in [5.41, 5.74) is 11.6. The predicted molar refractivity (Wildman–Crippen MR) is 72.7 cm³/mol. The molecule has 0 bridgehead atoms. The number of primary amides is 1. The lowest BCUT2D eigenvalue weighted by Gasteiger charge is -2.14. The first kappa shape index (κ1) is 12.9. The lowest BCUT2D eigenvalue weighted by molar-refractivity contribution is 0.0995. The van der Waals surface area contributed by atoms with Gasteiger partial charge in [0, 0.05) is 0 Å². The molecule has 1 unspecified atom stereocenters. The van der Waals surface area contributed by atoms with E-state index < -0.39 is 5.91 Å². The Kier molecular flexibility index (Phi) is 3.41. The van der Waals surface area contributed by atoms with E-state index >= 15 is 0 Å². The van der Waals surface area contributed by atoms with Crippen LogP contribution in [0.2, 0.25) is 0 Å². The maximum Gasteiger partial charge on any atom is 0.267 e. The van der Waals surface area contributed by atoms with E-state index in [0.717, 1.165) is 11.5 Å². The van der Waals surface area contributed by atoms with Gasteiger partial charge in [0.25, 0.3) is 5.91 Å². The van der Waals surface area contributed by atoms with E-state index in [9.17, 15) is 4.79 Å². The smallest absolute Gasteiger partial charge is 0.267 e. The van der Waals surface area contributed by atoms with Gasteiger partial charge in [0.2, 0.25) is 0 Å². The van der Waals surface area contributed by atoms with Crippen molar-refractivity contribution in [2.45, 2.75) is 19.9 Å². The molecule has 6 heteroatoms. The summed E-state index contributed by atoms with van der Waals surface area (Å²) in [6, 6.07) is 6.72. The third-order valence-corrected chi connectivity index (χ3v) is 2.72. The van der Waals surface area contributed by atoms with Crippen LogP contribution in [0.5, 0.6) is 0 Å². The maximum atomic E-state index is 11.1. The van der Waals surface area contributed by atoms with E-state index in [0.29, 0.717) is 11.5 Å². The highest BCUT2D eigenvalue weighted by atomic mass is 16.3. The highest BCUT2D eigenvalue weighted by Gasteiger charge is 2.13. The number of nitrogens with two attached hydrogens (primary N) is 2. The van der Waals surface area contributed by atoms with Crippen molar-refractivity contribution in [3.63, 3.8) is 0 Å². The summed E-state index contributed by atoms with van der Waals surface area (Å²) in [7, 11) is 0. The van der Waals surface area contributed by atoms with E-state index in [1.54, 1.807) is 6.07 Å². The zero-order valence-electron chi connectivity index (χ0n) is 10.8. The van der Waals surface area contributed by atoms with Gasteiger partial charge in [-0.2, -0.15) is 0 Å². The van der Waals surface area contributed by atoms with Crippen LogP contribution in [0.1, 0.15) is 35.0 Å². The van der Waals surface area contributed by atoms with Crippen LogP contribution in [0, 0.1) is 6.92 Å². The first-order chi connectivity index (χ1) is 8.97. The Balaban J connectivity index is 2.22. The molecule has 0 aliphatic carbocycles. The first-order valence-electron chi connectivity index (χ1n) is 5.86. The van der Waals surface area contributed by atoms with Crippen LogP contribution < -0.4 is 16.8 Å². The molecule has 5 N–H and O–H groups in total. The fourth-order valence-electron chi connectivity index (χ4n) is 1.69. The van der Waals surface area contributed by atoms with Gasteiger partial charge >= 0.3 is 0 Å². The van der Waals surface area contributed by atoms with Gasteiger partial charge in [-0.05, 0) is 38.1 Å². The maximum absolute atomic E-state index is 11.1. The Hall–Kier alpha value is -2.50. The largest absolute Gasteiger partial charge is 0.464 e. The Morgan fingerprint density at radius 1 is 1.37 bits per heavy atom. The molecule has 1 amide bonds. The summed E-state index contributed by atoms with van der Waals surface area (Å²) in [5.74, 6) is 1.42. The number of rotatable bonds is 4. The van der Waals surface area contributed by atoms with Crippen LogP contribution in [0.4, 0.5) is 11.5 Å². The highest BCUT2D eigenvalue weighted by Crippen LogP contribution is 2.23. The Morgan fingerprint density at radius 3 is 2.68 bits per heavy atom. The number of anilines is 2. The van der Waals surface area contributed by atoms with Crippen molar-refractivity contribution in [2.24, 2.45) is 5.73 Å². The molecule has 2 aromatic rings. The number of carbonyl (C=O) groups is 1. The Bertz CT molecular complexity index is 606. The summed E-state index contributed by atoms with van der Waals surface area (Å²) >= 11 is 0. The average Bonchev–Trinajstić information content (AvgIpc) is 2.78. The quantitative estimate of drug-likeness (QED) is 0.777. The number of amides is 1. The van der Waals surface area contributed by atoms with Crippen molar-refractivity contribution in [2.75, 3.05) is 11.1 Å². The summed E-state index contributed by atoms with van der Waals surface area (Å²) in [4.78, 5) is 15.2. The van der Waals surface area contributed by atoms with Gasteiger partial charge in [-0.25, -0.2) is 4.98 Å². The van der Waals surface area contributed by atoms with Crippen molar-refractivity contribution in [3.05, 3.63) is 41.5 Å². The summed E-state index contributed by atoms with van der Waals surface area (Å²) in [5, 5.41) is 3.10. The fourth-order valence-corrected chi connectivity index (χ4v) is 1.69.